The Balaban J connectivity index is 2.06. The zero-order chi connectivity index (χ0) is 12.8. The van der Waals surface area contributed by atoms with Crippen LogP contribution in [-0.4, -0.2) is 7.11 Å². The summed E-state index contributed by atoms with van der Waals surface area (Å²) >= 11 is 3.45. The van der Waals surface area contributed by atoms with Gasteiger partial charge >= 0.3 is 0 Å². The van der Waals surface area contributed by atoms with Crippen LogP contribution in [0.4, 0.5) is 0 Å². The van der Waals surface area contributed by atoms with E-state index in [-0.39, 0.29) is 0 Å². The first kappa shape index (κ1) is 13.0. The van der Waals surface area contributed by atoms with Crippen LogP contribution in [0.1, 0.15) is 11.1 Å². The van der Waals surface area contributed by atoms with Crippen LogP contribution in [0.3, 0.4) is 0 Å². The Morgan fingerprint density at radius 2 is 1.67 bits per heavy atom. The van der Waals surface area contributed by atoms with Gasteiger partial charge in [-0.2, -0.15) is 0 Å². The van der Waals surface area contributed by atoms with Crippen molar-refractivity contribution < 1.29 is 9.47 Å². The van der Waals surface area contributed by atoms with Gasteiger partial charge < -0.3 is 9.47 Å². The van der Waals surface area contributed by atoms with Gasteiger partial charge in [-0.1, -0.05) is 52.3 Å². The first-order valence-electron chi connectivity index (χ1n) is 5.73. The van der Waals surface area contributed by atoms with Crippen molar-refractivity contribution in [3.8, 4) is 11.5 Å². The van der Waals surface area contributed by atoms with E-state index in [4.69, 9.17) is 9.47 Å². The summed E-state index contributed by atoms with van der Waals surface area (Å²) in [5, 5.41) is 0.857. The van der Waals surface area contributed by atoms with Crippen LogP contribution in [0.15, 0.2) is 48.5 Å². The molecule has 0 saturated carbocycles. The Morgan fingerprint density at radius 3 is 2.39 bits per heavy atom. The van der Waals surface area contributed by atoms with Crippen LogP contribution < -0.4 is 9.47 Å². The third kappa shape index (κ3) is 3.26. The summed E-state index contributed by atoms with van der Waals surface area (Å²) < 4.78 is 11.0. The van der Waals surface area contributed by atoms with Crippen LogP contribution in [0.2, 0.25) is 0 Å². The minimum atomic E-state index is 0.543. The fourth-order valence-electron chi connectivity index (χ4n) is 1.70. The molecule has 0 aliphatic carbocycles. The summed E-state index contributed by atoms with van der Waals surface area (Å²) in [5.74, 6) is 1.53. The number of para-hydroxylation sites is 2. The number of hydrogen-bond donors (Lipinski definition) is 0. The van der Waals surface area contributed by atoms with Crippen molar-refractivity contribution in [2.45, 2.75) is 11.9 Å². The van der Waals surface area contributed by atoms with Crippen molar-refractivity contribution in [3.63, 3.8) is 0 Å². The molecule has 0 N–H and O–H groups in total. The predicted molar refractivity (Wildman–Crippen MR) is 76.4 cm³/mol. The molecule has 2 aromatic carbocycles. The van der Waals surface area contributed by atoms with Crippen molar-refractivity contribution in [1.82, 2.24) is 0 Å². The third-order valence-electron chi connectivity index (χ3n) is 2.61. The largest absolute Gasteiger partial charge is 0.493 e. The highest BCUT2D eigenvalue weighted by Crippen LogP contribution is 2.26. The van der Waals surface area contributed by atoms with Crippen molar-refractivity contribution >= 4 is 15.9 Å². The molecule has 0 saturated heterocycles. The fourth-order valence-corrected chi connectivity index (χ4v) is 2.05. The van der Waals surface area contributed by atoms with Crippen molar-refractivity contribution in [2.24, 2.45) is 0 Å². The molecule has 94 valence electrons. The smallest absolute Gasteiger partial charge is 0.161 e. The van der Waals surface area contributed by atoms with Gasteiger partial charge in [-0.15, -0.1) is 0 Å². The van der Waals surface area contributed by atoms with E-state index in [0.717, 1.165) is 22.4 Å². The number of hydrogen-bond acceptors (Lipinski definition) is 2. The van der Waals surface area contributed by atoms with Gasteiger partial charge in [0.25, 0.3) is 0 Å². The standard InChI is InChI=1S/C15H15BrO2/c1-17-14-7-2-3-8-15(14)18-11-13-6-4-5-12(9-13)10-16/h2-9H,10-11H2,1H3. The van der Waals surface area contributed by atoms with Crippen molar-refractivity contribution in [2.75, 3.05) is 7.11 Å². The molecule has 0 bridgehead atoms. The lowest BCUT2D eigenvalue weighted by Crippen LogP contribution is -1.97. The van der Waals surface area contributed by atoms with Crippen LogP contribution in [0.5, 0.6) is 11.5 Å². The van der Waals surface area contributed by atoms with E-state index in [1.807, 2.05) is 30.3 Å². The molecule has 3 heteroatoms. The lowest BCUT2D eigenvalue weighted by atomic mass is 10.1. The molecular weight excluding hydrogens is 292 g/mol. The van der Waals surface area contributed by atoms with E-state index in [1.165, 1.54) is 5.56 Å². The van der Waals surface area contributed by atoms with E-state index in [2.05, 4.69) is 34.1 Å². The molecule has 0 fully saturated rings. The molecule has 0 aliphatic rings. The van der Waals surface area contributed by atoms with E-state index in [9.17, 15) is 0 Å². The molecule has 0 aliphatic heterocycles. The fraction of sp³-hybridized carbons (Fsp3) is 0.200. The van der Waals surface area contributed by atoms with E-state index in [1.54, 1.807) is 7.11 Å². The first-order valence-corrected chi connectivity index (χ1v) is 6.85. The Labute approximate surface area is 116 Å². The number of halogens is 1. The zero-order valence-electron chi connectivity index (χ0n) is 10.2. The Morgan fingerprint density at radius 1 is 0.944 bits per heavy atom. The van der Waals surface area contributed by atoms with Gasteiger partial charge in [0, 0.05) is 5.33 Å². The van der Waals surface area contributed by atoms with Gasteiger partial charge in [-0.05, 0) is 23.3 Å². The topological polar surface area (TPSA) is 18.5 Å². The molecule has 2 nitrogen and oxygen atoms in total. The maximum atomic E-state index is 5.77. The number of rotatable bonds is 5. The van der Waals surface area contributed by atoms with Crippen LogP contribution in [-0.2, 0) is 11.9 Å². The molecule has 0 spiro atoms. The van der Waals surface area contributed by atoms with Gasteiger partial charge in [0.05, 0.1) is 7.11 Å². The molecular formula is C15H15BrO2. The highest BCUT2D eigenvalue weighted by molar-refractivity contribution is 9.08. The van der Waals surface area contributed by atoms with E-state index >= 15 is 0 Å². The van der Waals surface area contributed by atoms with Gasteiger partial charge in [-0.25, -0.2) is 0 Å². The van der Waals surface area contributed by atoms with Crippen LogP contribution in [0.25, 0.3) is 0 Å². The molecule has 2 rings (SSSR count). The van der Waals surface area contributed by atoms with Crippen molar-refractivity contribution in [3.05, 3.63) is 59.7 Å². The summed E-state index contributed by atoms with van der Waals surface area (Å²) in [6, 6.07) is 16.0. The SMILES string of the molecule is COc1ccccc1OCc1cccc(CBr)c1. The van der Waals surface area contributed by atoms with Gasteiger partial charge in [0.1, 0.15) is 6.61 Å². The van der Waals surface area contributed by atoms with E-state index in [0.29, 0.717) is 6.61 Å². The third-order valence-corrected chi connectivity index (χ3v) is 3.26. The summed E-state index contributed by atoms with van der Waals surface area (Å²) in [7, 11) is 1.65. The molecule has 18 heavy (non-hydrogen) atoms. The second kappa shape index (κ2) is 6.45. The highest BCUT2D eigenvalue weighted by Gasteiger charge is 2.03. The van der Waals surface area contributed by atoms with Crippen molar-refractivity contribution in [1.29, 1.82) is 0 Å². The number of alkyl halides is 1. The summed E-state index contributed by atoms with van der Waals surface area (Å²) in [5.41, 5.74) is 2.40. The number of ether oxygens (including phenoxy) is 2. The van der Waals surface area contributed by atoms with Gasteiger partial charge in [-0.3, -0.25) is 0 Å². The lowest BCUT2D eigenvalue weighted by molar-refractivity contribution is 0.284. The second-order valence-corrected chi connectivity index (χ2v) is 4.45. The molecule has 0 amide bonds. The predicted octanol–water partition coefficient (Wildman–Crippen LogP) is 4.17. The van der Waals surface area contributed by atoms with E-state index < -0.39 is 0 Å². The molecule has 0 atom stereocenters. The Bertz CT molecular complexity index is 511. The average molecular weight is 307 g/mol. The van der Waals surface area contributed by atoms with Crippen LogP contribution >= 0.6 is 15.9 Å². The zero-order valence-corrected chi connectivity index (χ0v) is 11.8. The molecule has 0 aromatic heterocycles. The van der Waals surface area contributed by atoms with Gasteiger partial charge in [0.2, 0.25) is 0 Å². The second-order valence-electron chi connectivity index (χ2n) is 3.89. The maximum Gasteiger partial charge on any atom is 0.161 e. The summed E-state index contributed by atoms with van der Waals surface area (Å²) in [4.78, 5) is 0. The average Bonchev–Trinajstić information content (AvgIpc) is 2.45. The number of methoxy groups -OCH3 is 1. The van der Waals surface area contributed by atoms with Gasteiger partial charge in [0.15, 0.2) is 11.5 Å². The normalized spacial score (nSPS) is 10.1. The summed E-state index contributed by atoms with van der Waals surface area (Å²) in [6.45, 7) is 0.543. The quantitative estimate of drug-likeness (QED) is 0.772. The molecule has 0 unspecified atom stereocenters. The number of benzene rings is 2. The minimum absolute atomic E-state index is 0.543. The Hall–Kier alpha value is -1.48. The Kier molecular flexibility index (Phi) is 4.65. The van der Waals surface area contributed by atoms with Crippen LogP contribution in [0, 0.1) is 0 Å². The minimum Gasteiger partial charge on any atom is -0.493 e. The highest BCUT2D eigenvalue weighted by atomic mass is 79.9. The summed E-state index contributed by atoms with van der Waals surface area (Å²) in [6.07, 6.45) is 0. The first-order chi connectivity index (χ1) is 8.83. The lowest BCUT2D eigenvalue weighted by Gasteiger charge is -2.10. The maximum absolute atomic E-state index is 5.77. The molecule has 2 aromatic rings. The molecule has 0 radical (unpaired) electrons. The molecule has 0 heterocycles. The monoisotopic (exact) mass is 306 g/mol.